The first-order valence-electron chi connectivity index (χ1n) is 10.9. The molecule has 4 rings (SSSR count). The van der Waals surface area contributed by atoms with Crippen molar-refractivity contribution < 1.29 is 4.74 Å². The van der Waals surface area contributed by atoms with Crippen LogP contribution in [0, 0.1) is 17.8 Å². The van der Waals surface area contributed by atoms with Gasteiger partial charge in [-0.1, -0.05) is 37.6 Å². The van der Waals surface area contributed by atoms with Crippen molar-refractivity contribution in [3.05, 3.63) is 35.4 Å². The van der Waals surface area contributed by atoms with Crippen LogP contribution in [0.25, 0.3) is 0 Å². The van der Waals surface area contributed by atoms with E-state index < -0.39 is 0 Å². The number of nitrogens with zero attached hydrogens (tertiary/aromatic N) is 2. The molecule has 3 fully saturated rings. The van der Waals surface area contributed by atoms with Gasteiger partial charge in [0.1, 0.15) is 0 Å². The lowest BCUT2D eigenvalue weighted by molar-refractivity contribution is 0.0967. The van der Waals surface area contributed by atoms with Crippen LogP contribution in [0.3, 0.4) is 0 Å². The maximum atomic E-state index is 6.02. The number of hydrogen-bond donors (Lipinski definition) is 0. The van der Waals surface area contributed by atoms with Crippen molar-refractivity contribution in [2.75, 3.05) is 45.9 Å². The molecule has 0 N–H and O–H groups in total. The molecule has 2 saturated heterocycles. The second-order valence-electron chi connectivity index (χ2n) is 8.69. The second kappa shape index (κ2) is 8.86. The largest absolute Gasteiger partial charge is 0.381 e. The molecule has 0 spiro atoms. The Labute approximate surface area is 159 Å². The first-order chi connectivity index (χ1) is 12.8. The summed E-state index contributed by atoms with van der Waals surface area (Å²) in [6, 6.07) is 9.19. The van der Waals surface area contributed by atoms with Crippen LogP contribution in [0.5, 0.6) is 0 Å². The Morgan fingerprint density at radius 3 is 2.31 bits per heavy atom. The minimum Gasteiger partial charge on any atom is -0.381 e. The molecule has 1 aliphatic carbocycles. The van der Waals surface area contributed by atoms with E-state index in [-0.39, 0.29) is 0 Å². The number of hydrogen-bond acceptors (Lipinski definition) is 3. The van der Waals surface area contributed by atoms with E-state index in [2.05, 4.69) is 41.0 Å². The van der Waals surface area contributed by atoms with E-state index in [1.54, 1.807) is 0 Å². The van der Waals surface area contributed by atoms with Gasteiger partial charge in [0, 0.05) is 32.8 Å². The van der Waals surface area contributed by atoms with Gasteiger partial charge in [-0.25, -0.2) is 0 Å². The third-order valence-corrected chi connectivity index (χ3v) is 6.81. The number of rotatable bonds is 9. The van der Waals surface area contributed by atoms with Gasteiger partial charge in [0.15, 0.2) is 0 Å². The number of piperidine rings is 2. The zero-order chi connectivity index (χ0) is 17.8. The molecule has 3 aliphatic rings. The van der Waals surface area contributed by atoms with Crippen molar-refractivity contribution in [1.29, 1.82) is 0 Å². The van der Waals surface area contributed by atoms with Crippen molar-refractivity contribution in [1.82, 2.24) is 9.80 Å². The summed E-state index contributed by atoms with van der Waals surface area (Å²) < 4.78 is 6.02. The molecule has 1 aromatic carbocycles. The Hall–Kier alpha value is -0.900. The number of benzene rings is 1. The predicted molar refractivity (Wildman–Crippen MR) is 107 cm³/mol. The maximum Gasteiger partial charge on any atom is 0.0500 e. The number of ether oxygens (including phenoxy) is 1. The molecule has 2 aliphatic heterocycles. The molecular weight excluding hydrogens is 320 g/mol. The summed E-state index contributed by atoms with van der Waals surface area (Å²) in [6.07, 6.45) is 6.56. The number of aryl methyl sites for hydroxylation is 1. The van der Waals surface area contributed by atoms with Crippen molar-refractivity contribution >= 4 is 0 Å². The molecule has 1 saturated carbocycles. The smallest absolute Gasteiger partial charge is 0.0500 e. The minimum absolute atomic E-state index is 0.851. The molecule has 26 heavy (non-hydrogen) atoms. The van der Waals surface area contributed by atoms with E-state index in [9.17, 15) is 0 Å². The molecular formula is C23H36N2O. The highest BCUT2D eigenvalue weighted by molar-refractivity contribution is 5.22. The van der Waals surface area contributed by atoms with Crippen molar-refractivity contribution in [2.24, 2.45) is 17.8 Å². The lowest BCUT2D eigenvalue weighted by atomic mass is 10.1. The minimum atomic E-state index is 0.851. The summed E-state index contributed by atoms with van der Waals surface area (Å²) in [5.74, 6) is 2.67. The van der Waals surface area contributed by atoms with Gasteiger partial charge in [-0.15, -0.1) is 0 Å². The SMILES string of the molecule is CCc1ccc(CN2C[C@@H]3[C@@H](COCCCN4CCCCC4)[C@@H]3C2)cc1. The van der Waals surface area contributed by atoms with Crippen LogP contribution in [-0.4, -0.2) is 55.7 Å². The van der Waals surface area contributed by atoms with E-state index in [0.717, 1.165) is 43.9 Å². The Morgan fingerprint density at radius 2 is 1.62 bits per heavy atom. The number of fused-ring (bicyclic) bond motifs is 1. The molecule has 3 nitrogen and oxygen atoms in total. The van der Waals surface area contributed by atoms with Crippen LogP contribution in [0.15, 0.2) is 24.3 Å². The second-order valence-corrected chi connectivity index (χ2v) is 8.69. The fourth-order valence-electron chi connectivity index (χ4n) is 5.04. The van der Waals surface area contributed by atoms with E-state index in [4.69, 9.17) is 4.74 Å². The average molecular weight is 357 g/mol. The molecule has 0 bridgehead atoms. The third-order valence-electron chi connectivity index (χ3n) is 6.81. The van der Waals surface area contributed by atoms with E-state index >= 15 is 0 Å². The van der Waals surface area contributed by atoms with Crippen LogP contribution >= 0.6 is 0 Å². The highest BCUT2D eigenvalue weighted by Crippen LogP contribution is 2.51. The fraction of sp³-hybridized carbons (Fsp3) is 0.739. The van der Waals surface area contributed by atoms with Crippen LogP contribution in [-0.2, 0) is 17.7 Å². The molecule has 1 aromatic rings. The molecule has 0 amide bonds. The summed E-state index contributed by atoms with van der Waals surface area (Å²) in [5, 5.41) is 0. The normalized spacial score (nSPS) is 29.0. The van der Waals surface area contributed by atoms with Crippen LogP contribution in [0.4, 0.5) is 0 Å². The molecule has 0 aromatic heterocycles. The monoisotopic (exact) mass is 356 g/mol. The molecule has 3 atom stereocenters. The Bertz CT molecular complexity index is 540. The van der Waals surface area contributed by atoms with Gasteiger partial charge < -0.3 is 9.64 Å². The van der Waals surface area contributed by atoms with Gasteiger partial charge in [0.05, 0.1) is 6.61 Å². The summed E-state index contributed by atoms with van der Waals surface area (Å²) in [5.41, 5.74) is 2.91. The van der Waals surface area contributed by atoms with Gasteiger partial charge in [-0.2, -0.15) is 0 Å². The van der Waals surface area contributed by atoms with Crippen LogP contribution in [0.2, 0.25) is 0 Å². The Kier molecular flexibility index (Phi) is 6.29. The van der Waals surface area contributed by atoms with Gasteiger partial charge in [0.25, 0.3) is 0 Å². The highest BCUT2D eigenvalue weighted by Gasteiger charge is 2.55. The lowest BCUT2D eigenvalue weighted by Crippen LogP contribution is -2.31. The fourth-order valence-corrected chi connectivity index (χ4v) is 5.04. The van der Waals surface area contributed by atoms with Gasteiger partial charge in [0.2, 0.25) is 0 Å². The van der Waals surface area contributed by atoms with E-state index in [1.165, 1.54) is 69.5 Å². The van der Waals surface area contributed by atoms with Crippen molar-refractivity contribution in [3.63, 3.8) is 0 Å². The van der Waals surface area contributed by atoms with Crippen LogP contribution < -0.4 is 0 Å². The lowest BCUT2D eigenvalue weighted by Gasteiger charge is -2.26. The predicted octanol–water partition coefficient (Wildman–Crippen LogP) is 3.82. The highest BCUT2D eigenvalue weighted by atomic mass is 16.5. The average Bonchev–Trinajstić information content (AvgIpc) is 3.14. The zero-order valence-corrected chi connectivity index (χ0v) is 16.5. The summed E-state index contributed by atoms with van der Waals surface area (Å²) in [7, 11) is 0. The topological polar surface area (TPSA) is 15.7 Å². The van der Waals surface area contributed by atoms with E-state index in [0.29, 0.717) is 0 Å². The molecule has 2 heterocycles. The summed E-state index contributed by atoms with van der Waals surface area (Å²) in [6.45, 7) is 11.7. The molecule has 0 unspecified atom stereocenters. The van der Waals surface area contributed by atoms with Gasteiger partial charge in [-0.3, -0.25) is 4.90 Å². The number of likely N-dealkylation sites (tertiary alicyclic amines) is 2. The first kappa shape index (κ1) is 18.5. The summed E-state index contributed by atoms with van der Waals surface area (Å²) in [4.78, 5) is 5.26. The molecule has 3 heteroatoms. The molecule has 144 valence electrons. The van der Waals surface area contributed by atoms with Crippen molar-refractivity contribution in [3.8, 4) is 0 Å². The van der Waals surface area contributed by atoms with Crippen molar-refractivity contribution in [2.45, 2.75) is 45.6 Å². The first-order valence-corrected chi connectivity index (χ1v) is 10.9. The zero-order valence-electron chi connectivity index (χ0n) is 16.5. The Balaban J connectivity index is 1.07. The van der Waals surface area contributed by atoms with Gasteiger partial charge in [-0.05, 0) is 67.7 Å². The standard InChI is InChI=1S/C23H36N2O/c1-2-19-7-9-20(10-8-19)15-25-16-21-22(17-25)23(21)18-26-14-6-13-24-11-4-3-5-12-24/h7-10,21-23H,2-6,11-18H2,1H3/t21-,22+,23+. The third kappa shape index (κ3) is 4.68. The van der Waals surface area contributed by atoms with Gasteiger partial charge >= 0.3 is 0 Å². The van der Waals surface area contributed by atoms with Crippen LogP contribution in [0.1, 0.15) is 43.7 Å². The quantitative estimate of drug-likeness (QED) is 0.626. The summed E-state index contributed by atoms with van der Waals surface area (Å²) >= 11 is 0. The maximum absolute atomic E-state index is 6.02. The van der Waals surface area contributed by atoms with E-state index in [1.807, 2.05) is 0 Å². The molecule has 0 radical (unpaired) electrons. The Morgan fingerprint density at radius 1 is 0.923 bits per heavy atom.